The molecule has 0 fully saturated rings. The Morgan fingerprint density at radius 3 is 2.50 bits per heavy atom. The molecule has 0 aliphatic carbocycles. The number of nitriles is 1. The van der Waals surface area contributed by atoms with Gasteiger partial charge in [-0.2, -0.15) is 5.26 Å². The Morgan fingerprint density at radius 1 is 1.50 bits per heavy atom. The fourth-order valence-corrected chi connectivity index (χ4v) is 0.843. The zero-order valence-corrected chi connectivity index (χ0v) is 6.98. The molecule has 0 N–H and O–H groups in total. The van der Waals surface area contributed by atoms with Crippen molar-refractivity contribution < 1.29 is 9.31 Å². The Hall–Kier alpha value is -2.22. The van der Waals surface area contributed by atoms with Gasteiger partial charge in [-0.05, 0) is 17.7 Å². The molecule has 0 amide bonds. The Morgan fingerprint density at radius 2 is 2.07 bits per heavy atom. The summed E-state index contributed by atoms with van der Waals surface area (Å²) in [5.74, 6) is -0.429. The van der Waals surface area contributed by atoms with Crippen LogP contribution in [0.5, 0.6) is 0 Å². The van der Waals surface area contributed by atoms with E-state index in [1.165, 1.54) is 30.3 Å². The number of rotatable bonds is 2. The Kier molecular flexibility index (Phi) is 2.92. The lowest BCUT2D eigenvalue weighted by Gasteiger charge is -1.91. The minimum atomic E-state index is -0.788. The third-order valence-electron chi connectivity index (χ3n) is 1.48. The van der Waals surface area contributed by atoms with Gasteiger partial charge in [-0.3, -0.25) is 10.1 Å². The molecule has 0 atom stereocenters. The van der Waals surface area contributed by atoms with Crippen LogP contribution in [0.15, 0.2) is 30.0 Å². The normalized spacial score (nSPS) is 10.7. The molecular weight excluding hydrogens is 187 g/mol. The summed E-state index contributed by atoms with van der Waals surface area (Å²) in [5, 5.41) is 18.6. The lowest BCUT2D eigenvalue weighted by atomic mass is 10.2. The molecule has 70 valence electrons. The molecule has 14 heavy (non-hydrogen) atoms. The molecule has 0 aromatic heterocycles. The first-order chi connectivity index (χ1) is 6.63. The highest BCUT2D eigenvalue weighted by Gasteiger charge is 2.07. The molecular formula is C9H5FN2O2. The van der Waals surface area contributed by atoms with Crippen LogP contribution >= 0.6 is 0 Å². The van der Waals surface area contributed by atoms with Crippen LogP contribution in [0.25, 0.3) is 6.08 Å². The van der Waals surface area contributed by atoms with Crippen molar-refractivity contribution in [3.63, 3.8) is 0 Å². The number of allylic oxidation sites excluding steroid dienone is 1. The molecule has 0 aliphatic rings. The number of nitrogens with zero attached hydrogens (tertiary/aromatic N) is 2. The molecule has 0 unspecified atom stereocenters. The molecule has 0 aliphatic heterocycles. The molecule has 4 nitrogen and oxygen atoms in total. The summed E-state index contributed by atoms with van der Waals surface area (Å²) in [4.78, 5) is 9.45. The van der Waals surface area contributed by atoms with Crippen molar-refractivity contribution in [3.8, 4) is 6.07 Å². The second-order valence-electron chi connectivity index (χ2n) is 2.45. The zero-order valence-electron chi connectivity index (χ0n) is 6.98. The van der Waals surface area contributed by atoms with E-state index in [0.717, 1.165) is 6.08 Å². The summed E-state index contributed by atoms with van der Waals surface area (Å²) >= 11 is 0. The van der Waals surface area contributed by atoms with E-state index in [4.69, 9.17) is 5.26 Å². The maximum atomic E-state index is 12.4. The maximum Gasteiger partial charge on any atom is 0.346 e. The molecule has 0 bridgehead atoms. The van der Waals surface area contributed by atoms with E-state index in [2.05, 4.69) is 0 Å². The third-order valence-corrected chi connectivity index (χ3v) is 1.48. The van der Waals surface area contributed by atoms with Gasteiger partial charge in [-0.15, -0.1) is 0 Å². The third kappa shape index (κ3) is 2.38. The Balaban J connectivity index is 3.03. The fourth-order valence-electron chi connectivity index (χ4n) is 0.843. The molecule has 1 aromatic rings. The predicted octanol–water partition coefficient (Wildman–Crippen LogP) is 1.97. The molecule has 1 rings (SSSR count). The first-order valence-electron chi connectivity index (χ1n) is 3.65. The topological polar surface area (TPSA) is 66.9 Å². The van der Waals surface area contributed by atoms with Crippen molar-refractivity contribution in [2.24, 2.45) is 0 Å². The van der Waals surface area contributed by atoms with Gasteiger partial charge in [0.25, 0.3) is 0 Å². The standard InChI is InChI=1S/C9H5FN2O2/c10-8-3-1-7(2-4-8)5-9(6-11)12(13)14/h1-5H. The second-order valence-corrected chi connectivity index (χ2v) is 2.45. The number of benzene rings is 1. The van der Waals surface area contributed by atoms with Gasteiger partial charge in [0.05, 0.1) is 4.92 Å². The quantitative estimate of drug-likeness (QED) is 0.408. The lowest BCUT2D eigenvalue weighted by molar-refractivity contribution is -0.415. The summed E-state index contributed by atoms with van der Waals surface area (Å²) in [7, 11) is 0. The van der Waals surface area contributed by atoms with Gasteiger partial charge in [0.2, 0.25) is 0 Å². The Labute approximate surface area is 79.0 Å². The SMILES string of the molecule is N#CC(=Cc1ccc(F)cc1)[N+](=O)[O-]. The van der Waals surface area contributed by atoms with Crippen LogP contribution in [0, 0.1) is 27.3 Å². The zero-order chi connectivity index (χ0) is 10.6. The van der Waals surface area contributed by atoms with E-state index >= 15 is 0 Å². The summed E-state index contributed by atoms with van der Waals surface area (Å²) in [6.45, 7) is 0. The molecule has 5 heteroatoms. The molecule has 0 saturated heterocycles. The van der Waals surface area contributed by atoms with Crippen molar-refractivity contribution in [2.45, 2.75) is 0 Å². The van der Waals surface area contributed by atoms with Crippen LogP contribution in [-0.4, -0.2) is 4.92 Å². The van der Waals surface area contributed by atoms with E-state index in [-0.39, 0.29) is 0 Å². The largest absolute Gasteiger partial charge is 0.346 e. The summed E-state index contributed by atoms with van der Waals surface area (Å²) in [5.41, 5.74) is -0.156. The van der Waals surface area contributed by atoms with E-state index in [0.29, 0.717) is 5.56 Å². The van der Waals surface area contributed by atoms with Gasteiger partial charge in [0.15, 0.2) is 6.07 Å². The summed E-state index contributed by atoms with van der Waals surface area (Å²) < 4.78 is 12.4. The monoisotopic (exact) mass is 192 g/mol. The van der Waals surface area contributed by atoms with Gasteiger partial charge >= 0.3 is 5.70 Å². The van der Waals surface area contributed by atoms with Crippen LogP contribution in [0.1, 0.15) is 5.56 Å². The minimum absolute atomic E-state index is 0.416. The highest BCUT2D eigenvalue weighted by Crippen LogP contribution is 2.08. The van der Waals surface area contributed by atoms with Gasteiger partial charge in [-0.25, -0.2) is 4.39 Å². The average molecular weight is 192 g/mol. The minimum Gasteiger partial charge on any atom is -0.258 e. The Bertz CT molecular complexity index is 417. The maximum absolute atomic E-state index is 12.4. The lowest BCUT2D eigenvalue weighted by Crippen LogP contribution is -1.94. The first kappa shape index (κ1) is 9.86. The average Bonchev–Trinajstić information content (AvgIpc) is 2.16. The van der Waals surface area contributed by atoms with Crippen molar-refractivity contribution in [2.75, 3.05) is 0 Å². The van der Waals surface area contributed by atoms with Crippen molar-refractivity contribution in [1.29, 1.82) is 5.26 Å². The molecule has 0 spiro atoms. The highest BCUT2D eigenvalue weighted by atomic mass is 19.1. The van der Waals surface area contributed by atoms with Crippen LogP contribution in [0.2, 0.25) is 0 Å². The van der Waals surface area contributed by atoms with Crippen molar-refractivity contribution >= 4 is 6.08 Å². The van der Waals surface area contributed by atoms with Crippen LogP contribution in [-0.2, 0) is 0 Å². The van der Waals surface area contributed by atoms with Gasteiger partial charge in [0, 0.05) is 6.08 Å². The predicted molar refractivity (Wildman–Crippen MR) is 47.0 cm³/mol. The summed E-state index contributed by atoms with van der Waals surface area (Å²) in [6.07, 6.45) is 1.08. The van der Waals surface area contributed by atoms with Crippen LogP contribution < -0.4 is 0 Å². The molecule has 0 saturated carbocycles. The molecule has 0 radical (unpaired) electrons. The number of nitro groups is 1. The van der Waals surface area contributed by atoms with Crippen molar-refractivity contribution in [1.82, 2.24) is 0 Å². The highest BCUT2D eigenvalue weighted by molar-refractivity contribution is 5.54. The number of halogens is 1. The summed E-state index contributed by atoms with van der Waals surface area (Å²) in [6, 6.07) is 6.48. The fraction of sp³-hybridized carbons (Fsp3) is 0. The van der Waals surface area contributed by atoms with Gasteiger partial charge in [-0.1, -0.05) is 12.1 Å². The van der Waals surface area contributed by atoms with Gasteiger partial charge < -0.3 is 0 Å². The van der Waals surface area contributed by atoms with E-state index in [1.54, 1.807) is 0 Å². The number of hydrogen-bond donors (Lipinski definition) is 0. The molecule has 0 heterocycles. The molecule has 1 aromatic carbocycles. The smallest absolute Gasteiger partial charge is 0.258 e. The van der Waals surface area contributed by atoms with Crippen molar-refractivity contribution in [3.05, 3.63) is 51.5 Å². The number of hydrogen-bond acceptors (Lipinski definition) is 3. The van der Waals surface area contributed by atoms with Crippen LogP contribution in [0.4, 0.5) is 4.39 Å². The van der Waals surface area contributed by atoms with Crippen LogP contribution in [0.3, 0.4) is 0 Å². The van der Waals surface area contributed by atoms with Gasteiger partial charge in [0.1, 0.15) is 5.82 Å². The van der Waals surface area contributed by atoms with E-state index < -0.39 is 16.4 Å². The second kappa shape index (κ2) is 4.14. The van der Waals surface area contributed by atoms with E-state index in [1.807, 2.05) is 0 Å². The first-order valence-corrected chi connectivity index (χ1v) is 3.65. The van der Waals surface area contributed by atoms with E-state index in [9.17, 15) is 14.5 Å².